The molecule has 0 bridgehead atoms. The number of hydrogen-bond donors (Lipinski definition) is 2. The predicted molar refractivity (Wildman–Crippen MR) is 99.5 cm³/mol. The maximum Gasteiger partial charge on any atom is 0.233 e. The highest BCUT2D eigenvalue weighted by Crippen LogP contribution is 2.35. The van der Waals surface area contributed by atoms with Crippen LogP contribution in [0.15, 0.2) is 24.4 Å². The zero-order valence-corrected chi connectivity index (χ0v) is 15.3. The number of aryl methyl sites for hydroxylation is 2. The molecule has 2 amide bonds. The lowest BCUT2D eigenvalue weighted by atomic mass is 9.89. The number of unbranched alkanes of at least 4 members (excludes halogenated alkanes) is 1. The normalized spacial score (nSPS) is 16.0. The van der Waals surface area contributed by atoms with Gasteiger partial charge in [0.15, 0.2) is 0 Å². The summed E-state index contributed by atoms with van der Waals surface area (Å²) in [5.74, 6) is 0.401. The van der Waals surface area contributed by atoms with Crippen LogP contribution in [0.4, 0.5) is 11.5 Å². The third kappa shape index (κ3) is 3.56. The predicted octanol–water partition coefficient (Wildman–Crippen LogP) is 3.06. The number of amides is 2. The largest absolute Gasteiger partial charge is 0.497 e. The van der Waals surface area contributed by atoms with Gasteiger partial charge in [-0.05, 0) is 37.1 Å². The number of nitrogens with zero attached hydrogens (tertiary/aromatic N) is 2. The van der Waals surface area contributed by atoms with E-state index >= 15 is 0 Å². The second kappa shape index (κ2) is 7.59. The summed E-state index contributed by atoms with van der Waals surface area (Å²) in [6.45, 7) is 4.77. The molecule has 1 aliphatic rings. The van der Waals surface area contributed by atoms with Gasteiger partial charge in [-0.1, -0.05) is 13.3 Å². The molecule has 0 saturated carbocycles. The number of fused-ring (bicyclic) bond motifs is 1. The molecule has 2 N–H and O–H groups in total. The maximum atomic E-state index is 13.0. The van der Waals surface area contributed by atoms with E-state index in [0.29, 0.717) is 17.3 Å². The molecular formula is C19H24N4O3. The number of ether oxygens (including phenoxy) is 1. The van der Waals surface area contributed by atoms with Crippen LogP contribution in [0.25, 0.3) is 0 Å². The molecule has 1 unspecified atom stereocenters. The molecule has 2 aromatic rings. The standard InChI is InChI=1S/C19H24N4O3/c1-4-5-8-23-18(12(2)11-20-23)22-19(25)15-10-17(24)21-16-7-6-13(26-3)9-14(15)16/h6-7,9,11,15H,4-5,8,10H2,1-3H3,(H,21,24)(H,22,25). The Labute approximate surface area is 152 Å². The Kier molecular flexibility index (Phi) is 5.25. The van der Waals surface area contributed by atoms with Gasteiger partial charge in [0, 0.05) is 24.2 Å². The molecule has 1 atom stereocenters. The van der Waals surface area contributed by atoms with Crippen LogP contribution in [0.3, 0.4) is 0 Å². The van der Waals surface area contributed by atoms with E-state index in [1.807, 2.05) is 11.6 Å². The first-order valence-corrected chi connectivity index (χ1v) is 8.84. The fourth-order valence-corrected chi connectivity index (χ4v) is 3.12. The summed E-state index contributed by atoms with van der Waals surface area (Å²) in [4.78, 5) is 25.0. The number of aromatic nitrogens is 2. The summed E-state index contributed by atoms with van der Waals surface area (Å²) < 4.78 is 7.08. The Bertz CT molecular complexity index is 828. The van der Waals surface area contributed by atoms with Crippen molar-refractivity contribution in [3.8, 4) is 5.75 Å². The molecule has 138 valence electrons. The van der Waals surface area contributed by atoms with E-state index in [-0.39, 0.29) is 18.2 Å². The molecule has 3 rings (SSSR count). The smallest absolute Gasteiger partial charge is 0.233 e. The zero-order chi connectivity index (χ0) is 18.7. The molecule has 1 aliphatic heterocycles. The average molecular weight is 356 g/mol. The van der Waals surface area contributed by atoms with Crippen molar-refractivity contribution in [1.29, 1.82) is 0 Å². The number of nitrogens with one attached hydrogen (secondary N) is 2. The first kappa shape index (κ1) is 18.0. The van der Waals surface area contributed by atoms with Gasteiger partial charge in [-0.3, -0.25) is 9.59 Å². The zero-order valence-electron chi connectivity index (χ0n) is 15.3. The van der Waals surface area contributed by atoms with E-state index in [2.05, 4.69) is 22.7 Å². The van der Waals surface area contributed by atoms with Crippen LogP contribution in [0.5, 0.6) is 5.75 Å². The van der Waals surface area contributed by atoms with Crippen molar-refractivity contribution in [1.82, 2.24) is 9.78 Å². The minimum absolute atomic E-state index is 0.105. The van der Waals surface area contributed by atoms with Gasteiger partial charge < -0.3 is 15.4 Å². The Balaban J connectivity index is 1.87. The van der Waals surface area contributed by atoms with Crippen molar-refractivity contribution < 1.29 is 14.3 Å². The number of rotatable bonds is 6. The molecule has 7 heteroatoms. The van der Waals surface area contributed by atoms with Crippen LogP contribution in [-0.2, 0) is 16.1 Å². The lowest BCUT2D eigenvalue weighted by Crippen LogP contribution is -2.31. The third-order valence-corrected chi connectivity index (χ3v) is 4.60. The molecule has 0 fully saturated rings. The number of hydrogen-bond acceptors (Lipinski definition) is 4. The summed E-state index contributed by atoms with van der Waals surface area (Å²) in [7, 11) is 1.58. The van der Waals surface area contributed by atoms with E-state index in [1.165, 1.54) is 0 Å². The second-order valence-electron chi connectivity index (χ2n) is 6.50. The van der Waals surface area contributed by atoms with E-state index < -0.39 is 5.92 Å². The van der Waals surface area contributed by atoms with Crippen molar-refractivity contribution in [3.63, 3.8) is 0 Å². The highest BCUT2D eigenvalue weighted by Gasteiger charge is 2.32. The van der Waals surface area contributed by atoms with Crippen LogP contribution in [-0.4, -0.2) is 28.7 Å². The Hall–Kier alpha value is -2.83. The lowest BCUT2D eigenvalue weighted by molar-refractivity contribution is -0.123. The minimum Gasteiger partial charge on any atom is -0.497 e. The second-order valence-corrected chi connectivity index (χ2v) is 6.50. The quantitative estimate of drug-likeness (QED) is 0.833. The number of carbonyl (C=O) groups is 2. The first-order valence-electron chi connectivity index (χ1n) is 8.84. The summed E-state index contributed by atoms with van der Waals surface area (Å²) in [6, 6.07) is 5.34. The van der Waals surface area contributed by atoms with Gasteiger partial charge >= 0.3 is 0 Å². The fourth-order valence-electron chi connectivity index (χ4n) is 3.12. The molecule has 2 heterocycles. The molecule has 0 saturated heterocycles. The van der Waals surface area contributed by atoms with Gasteiger partial charge in [0.2, 0.25) is 11.8 Å². The molecular weight excluding hydrogens is 332 g/mol. The van der Waals surface area contributed by atoms with Crippen LogP contribution in [0.2, 0.25) is 0 Å². The SMILES string of the molecule is CCCCn1ncc(C)c1NC(=O)C1CC(=O)Nc2ccc(OC)cc21. The maximum absolute atomic E-state index is 13.0. The van der Waals surface area contributed by atoms with Crippen LogP contribution >= 0.6 is 0 Å². The van der Waals surface area contributed by atoms with Crippen molar-refractivity contribution in [2.75, 3.05) is 17.7 Å². The van der Waals surface area contributed by atoms with Gasteiger partial charge in [-0.15, -0.1) is 0 Å². The van der Waals surface area contributed by atoms with Gasteiger partial charge in [-0.2, -0.15) is 5.10 Å². The summed E-state index contributed by atoms with van der Waals surface area (Å²) in [5.41, 5.74) is 2.32. The summed E-state index contributed by atoms with van der Waals surface area (Å²) in [6.07, 6.45) is 3.88. The molecule has 0 aliphatic carbocycles. The fraction of sp³-hybridized carbons (Fsp3) is 0.421. The Morgan fingerprint density at radius 2 is 2.27 bits per heavy atom. The van der Waals surface area contributed by atoms with E-state index in [1.54, 1.807) is 31.5 Å². The molecule has 7 nitrogen and oxygen atoms in total. The Morgan fingerprint density at radius 3 is 3.00 bits per heavy atom. The van der Waals surface area contributed by atoms with Crippen LogP contribution in [0.1, 0.15) is 43.2 Å². The van der Waals surface area contributed by atoms with Gasteiger partial charge in [0.05, 0.1) is 19.2 Å². The molecule has 1 aromatic carbocycles. The minimum atomic E-state index is -0.567. The van der Waals surface area contributed by atoms with Crippen LogP contribution in [0, 0.1) is 6.92 Å². The van der Waals surface area contributed by atoms with Gasteiger partial charge in [-0.25, -0.2) is 4.68 Å². The number of carbonyl (C=O) groups excluding carboxylic acids is 2. The highest BCUT2D eigenvalue weighted by molar-refractivity contribution is 6.05. The monoisotopic (exact) mass is 356 g/mol. The van der Waals surface area contributed by atoms with Crippen molar-refractivity contribution in [3.05, 3.63) is 35.5 Å². The van der Waals surface area contributed by atoms with Gasteiger partial charge in [0.1, 0.15) is 11.6 Å². The first-order chi connectivity index (χ1) is 12.5. The summed E-state index contributed by atoms with van der Waals surface area (Å²) >= 11 is 0. The number of methoxy groups -OCH3 is 1. The molecule has 26 heavy (non-hydrogen) atoms. The van der Waals surface area contributed by atoms with Crippen molar-refractivity contribution >= 4 is 23.3 Å². The van der Waals surface area contributed by atoms with E-state index in [0.717, 1.165) is 30.5 Å². The van der Waals surface area contributed by atoms with E-state index in [4.69, 9.17) is 4.74 Å². The molecule has 0 spiro atoms. The van der Waals surface area contributed by atoms with Crippen LogP contribution < -0.4 is 15.4 Å². The Morgan fingerprint density at radius 1 is 1.46 bits per heavy atom. The van der Waals surface area contributed by atoms with Gasteiger partial charge in [0.25, 0.3) is 0 Å². The topological polar surface area (TPSA) is 85.2 Å². The average Bonchev–Trinajstić information content (AvgIpc) is 2.98. The number of benzene rings is 1. The molecule has 1 aromatic heterocycles. The lowest BCUT2D eigenvalue weighted by Gasteiger charge is -2.25. The highest BCUT2D eigenvalue weighted by atomic mass is 16.5. The molecule has 0 radical (unpaired) electrons. The third-order valence-electron chi connectivity index (χ3n) is 4.60. The number of anilines is 2. The van der Waals surface area contributed by atoms with Crippen molar-refractivity contribution in [2.24, 2.45) is 0 Å². The van der Waals surface area contributed by atoms with E-state index in [9.17, 15) is 9.59 Å². The summed E-state index contributed by atoms with van der Waals surface area (Å²) in [5, 5.41) is 10.1. The van der Waals surface area contributed by atoms with Crippen molar-refractivity contribution in [2.45, 2.75) is 45.6 Å².